The van der Waals surface area contributed by atoms with Crippen molar-refractivity contribution < 1.29 is 4.39 Å². The fourth-order valence-corrected chi connectivity index (χ4v) is 1.81. The first kappa shape index (κ1) is 12.8. The molecule has 0 aliphatic heterocycles. The second kappa shape index (κ2) is 5.36. The average Bonchev–Trinajstić information content (AvgIpc) is 2.33. The zero-order valence-electron chi connectivity index (χ0n) is 9.02. The number of nitrogens with one attached hydrogen (secondary N) is 1. The molecular formula is C11H8BrFN4S. The first-order valence-electron chi connectivity index (χ1n) is 4.91. The number of benzene rings is 1. The second-order valence-corrected chi connectivity index (χ2v) is 4.72. The highest BCUT2D eigenvalue weighted by Crippen LogP contribution is 2.23. The van der Waals surface area contributed by atoms with Gasteiger partial charge in [0, 0.05) is 16.9 Å². The summed E-state index contributed by atoms with van der Waals surface area (Å²) in [7, 11) is 0. The number of nitrogens with two attached hydrogens (primary N) is 1. The van der Waals surface area contributed by atoms with Crippen LogP contribution in [0, 0.1) is 5.82 Å². The molecule has 0 atom stereocenters. The number of nitrogens with zero attached hydrogens (tertiary/aromatic N) is 2. The Bertz CT molecular complexity index is 605. The average molecular weight is 327 g/mol. The van der Waals surface area contributed by atoms with Gasteiger partial charge in [-0.3, -0.25) is 0 Å². The van der Waals surface area contributed by atoms with Gasteiger partial charge < -0.3 is 11.1 Å². The van der Waals surface area contributed by atoms with Crippen LogP contribution in [0.3, 0.4) is 0 Å². The summed E-state index contributed by atoms with van der Waals surface area (Å²) < 4.78 is 14.3. The molecule has 1 aromatic carbocycles. The molecule has 0 amide bonds. The molecule has 18 heavy (non-hydrogen) atoms. The van der Waals surface area contributed by atoms with Gasteiger partial charge in [-0.1, -0.05) is 28.1 Å². The van der Waals surface area contributed by atoms with E-state index in [1.807, 2.05) is 0 Å². The van der Waals surface area contributed by atoms with E-state index in [1.165, 1.54) is 18.5 Å². The van der Waals surface area contributed by atoms with Crippen molar-refractivity contribution >= 4 is 44.6 Å². The van der Waals surface area contributed by atoms with E-state index >= 15 is 0 Å². The minimum Gasteiger partial charge on any atom is -0.388 e. The molecule has 0 saturated carbocycles. The topological polar surface area (TPSA) is 63.8 Å². The number of rotatable bonds is 3. The number of hydrogen-bond acceptors (Lipinski definition) is 4. The maximum Gasteiger partial charge on any atom is 0.159 e. The molecule has 1 aromatic heterocycles. The van der Waals surface area contributed by atoms with Crippen LogP contribution in [0.15, 0.2) is 35.1 Å². The largest absolute Gasteiger partial charge is 0.388 e. The first-order valence-corrected chi connectivity index (χ1v) is 6.11. The lowest BCUT2D eigenvalue weighted by atomic mass is 10.3. The van der Waals surface area contributed by atoms with Gasteiger partial charge in [-0.2, -0.15) is 0 Å². The van der Waals surface area contributed by atoms with Gasteiger partial charge in [0.15, 0.2) is 5.82 Å². The van der Waals surface area contributed by atoms with Gasteiger partial charge in [-0.15, -0.1) is 0 Å². The van der Waals surface area contributed by atoms with Crippen LogP contribution in [0.2, 0.25) is 0 Å². The van der Waals surface area contributed by atoms with Gasteiger partial charge in [0.2, 0.25) is 0 Å². The van der Waals surface area contributed by atoms with Crippen molar-refractivity contribution in [3.8, 4) is 0 Å². The minimum atomic E-state index is -0.413. The molecule has 0 fully saturated rings. The monoisotopic (exact) mass is 326 g/mol. The van der Waals surface area contributed by atoms with E-state index in [4.69, 9.17) is 18.0 Å². The number of anilines is 2. The molecule has 0 unspecified atom stereocenters. The van der Waals surface area contributed by atoms with Gasteiger partial charge >= 0.3 is 0 Å². The Morgan fingerprint density at radius 3 is 2.72 bits per heavy atom. The van der Waals surface area contributed by atoms with Crippen LogP contribution in [0.1, 0.15) is 5.69 Å². The lowest BCUT2D eigenvalue weighted by Gasteiger charge is -2.09. The third-order valence-electron chi connectivity index (χ3n) is 2.12. The van der Waals surface area contributed by atoms with E-state index in [-0.39, 0.29) is 10.7 Å². The van der Waals surface area contributed by atoms with Crippen molar-refractivity contribution in [1.29, 1.82) is 0 Å². The standard InChI is InChI=1S/C11H8BrFN4S/c12-6-1-2-8(7(13)5-6)17-11-9(10(14)18)15-3-4-16-11/h1-5H,(H2,14,18)(H,16,17). The zero-order chi connectivity index (χ0) is 13.1. The summed E-state index contributed by atoms with van der Waals surface area (Å²) in [5.41, 5.74) is 6.12. The van der Waals surface area contributed by atoms with E-state index in [0.717, 1.165) is 0 Å². The Kier molecular flexibility index (Phi) is 3.83. The third kappa shape index (κ3) is 2.80. The predicted molar refractivity (Wildman–Crippen MR) is 75.3 cm³/mol. The summed E-state index contributed by atoms with van der Waals surface area (Å²) in [5.74, 6) is -0.0878. The van der Waals surface area contributed by atoms with Gasteiger partial charge in [0.1, 0.15) is 16.5 Å². The van der Waals surface area contributed by atoms with E-state index in [0.29, 0.717) is 16.0 Å². The molecule has 0 spiro atoms. The van der Waals surface area contributed by atoms with Crippen molar-refractivity contribution in [1.82, 2.24) is 9.97 Å². The highest BCUT2D eigenvalue weighted by atomic mass is 79.9. The smallest absolute Gasteiger partial charge is 0.159 e. The number of aromatic nitrogens is 2. The maximum absolute atomic E-state index is 13.7. The molecule has 0 radical (unpaired) electrons. The van der Waals surface area contributed by atoms with Crippen LogP contribution in [-0.4, -0.2) is 15.0 Å². The first-order chi connectivity index (χ1) is 8.58. The molecule has 7 heteroatoms. The summed E-state index contributed by atoms with van der Waals surface area (Å²) in [6.45, 7) is 0. The summed E-state index contributed by atoms with van der Waals surface area (Å²) in [6, 6.07) is 4.64. The fourth-order valence-electron chi connectivity index (χ4n) is 1.33. The van der Waals surface area contributed by atoms with E-state index < -0.39 is 5.82 Å². The molecule has 92 valence electrons. The Labute approximate surface area is 117 Å². The minimum absolute atomic E-state index is 0.100. The normalized spacial score (nSPS) is 10.1. The molecule has 3 N–H and O–H groups in total. The summed E-state index contributed by atoms with van der Waals surface area (Å²) in [5, 5.41) is 2.81. The third-order valence-corrected chi connectivity index (χ3v) is 2.80. The van der Waals surface area contributed by atoms with E-state index in [9.17, 15) is 4.39 Å². The van der Waals surface area contributed by atoms with Crippen LogP contribution in [-0.2, 0) is 0 Å². The summed E-state index contributed by atoms with van der Waals surface area (Å²) >= 11 is 8.04. The molecule has 0 aliphatic carbocycles. The van der Waals surface area contributed by atoms with Crippen LogP contribution in [0.25, 0.3) is 0 Å². The molecule has 1 heterocycles. The fraction of sp³-hybridized carbons (Fsp3) is 0. The van der Waals surface area contributed by atoms with E-state index in [1.54, 1.807) is 12.1 Å². The molecule has 0 aliphatic rings. The van der Waals surface area contributed by atoms with Gasteiger partial charge in [0.05, 0.1) is 5.69 Å². The Morgan fingerprint density at radius 2 is 2.06 bits per heavy atom. The van der Waals surface area contributed by atoms with Crippen molar-refractivity contribution in [2.75, 3.05) is 5.32 Å². The van der Waals surface area contributed by atoms with Crippen molar-refractivity contribution in [2.45, 2.75) is 0 Å². The van der Waals surface area contributed by atoms with Crippen LogP contribution < -0.4 is 11.1 Å². The molecule has 0 saturated heterocycles. The molecule has 0 bridgehead atoms. The number of halogens is 2. The Hall–Kier alpha value is -1.60. The Balaban J connectivity index is 2.37. The molecule has 2 rings (SSSR count). The lowest BCUT2D eigenvalue weighted by Crippen LogP contribution is -2.15. The Morgan fingerprint density at radius 1 is 1.33 bits per heavy atom. The summed E-state index contributed by atoms with van der Waals surface area (Å²) in [4.78, 5) is 8.14. The van der Waals surface area contributed by atoms with Crippen molar-refractivity contribution in [3.63, 3.8) is 0 Å². The summed E-state index contributed by atoms with van der Waals surface area (Å²) in [6.07, 6.45) is 2.94. The SMILES string of the molecule is NC(=S)c1nccnc1Nc1ccc(Br)cc1F. The predicted octanol–water partition coefficient (Wildman–Crippen LogP) is 2.76. The van der Waals surface area contributed by atoms with E-state index in [2.05, 4.69) is 31.2 Å². The van der Waals surface area contributed by atoms with Gasteiger partial charge in [-0.05, 0) is 18.2 Å². The quantitative estimate of drug-likeness (QED) is 0.849. The molecular weight excluding hydrogens is 319 g/mol. The molecule has 2 aromatic rings. The van der Waals surface area contributed by atoms with Crippen molar-refractivity contribution in [2.24, 2.45) is 5.73 Å². The lowest BCUT2D eigenvalue weighted by molar-refractivity contribution is 0.631. The second-order valence-electron chi connectivity index (χ2n) is 3.37. The van der Waals surface area contributed by atoms with Gasteiger partial charge in [-0.25, -0.2) is 14.4 Å². The maximum atomic E-state index is 13.7. The van der Waals surface area contributed by atoms with Crippen LogP contribution in [0.4, 0.5) is 15.9 Å². The van der Waals surface area contributed by atoms with Crippen LogP contribution >= 0.6 is 28.1 Å². The highest BCUT2D eigenvalue weighted by Gasteiger charge is 2.10. The molecule has 4 nitrogen and oxygen atoms in total. The zero-order valence-corrected chi connectivity index (χ0v) is 11.4. The van der Waals surface area contributed by atoms with Gasteiger partial charge in [0.25, 0.3) is 0 Å². The van der Waals surface area contributed by atoms with Crippen molar-refractivity contribution in [3.05, 3.63) is 46.6 Å². The van der Waals surface area contributed by atoms with Crippen LogP contribution in [0.5, 0.6) is 0 Å². The highest BCUT2D eigenvalue weighted by molar-refractivity contribution is 9.10. The number of hydrogen-bond donors (Lipinski definition) is 2. The number of thiocarbonyl (C=S) groups is 1.